The molecule has 1 atom stereocenters. The van der Waals surface area contributed by atoms with E-state index in [2.05, 4.69) is 38.4 Å². The van der Waals surface area contributed by atoms with Gasteiger partial charge >= 0.3 is 0 Å². The average molecular weight is 347 g/mol. The van der Waals surface area contributed by atoms with Gasteiger partial charge in [-0.25, -0.2) is 0 Å². The molecule has 0 aromatic heterocycles. The third-order valence-corrected chi connectivity index (χ3v) is 3.83. The minimum atomic E-state index is -0.0293. The van der Waals surface area contributed by atoms with E-state index in [-0.39, 0.29) is 5.91 Å². The molecule has 2 N–H and O–H groups in total. The van der Waals surface area contributed by atoms with Gasteiger partial charge in [-0.15, -0.1) is 0 Å². The summed E-state index contributed by atoms with van der Waals surface area (Å²) in [6.07, 6.45) is 0. The largest absolute Gasteiger partial charge is 0.324 e. The molecule has 0 aliphatic carbocycles. The van der Waals surface area contributed by atoms with E-state index >= 15 is 0 Å². The maximum Gasteiger partial charge on any atom is 0.238 e. The van der Waals surface area contributed by atoms with Gasteiger partial charge in [0, 0.05) is 30.1 Å². The second-order valence-corrected chi connectivity index (χ2v) is 6.09. The number of nitrogens with zero attached hydrogens (tertiary/aromatic N) is 1. The van der Waals surface area contributed by atoms with Crippen molar-refractivity contribution in [3.8, 4) is 0 Å². The normalized spacial score (nSPS) is 20.3. The van der Waals surface area contributed by atoms with Crippen molar-refractivity contribution in [1.82, 2.24) is 10.2 Å². The molecule has 19 heavy (non-hydrogen) atoms. The van der Waals surface area contributed by atoms with Crippen LogP contribution < -0.4 is 10.6 Å². The zero-order valence-corrected chi connectivity index (χ0v) is 13.1. The summed E-state index contributed by atoms with van der Waals surface area (Å²) in [5.74, 6) is -0.0293. The summed E-state index contributed by atoms with van der Waals surface area (Å²) in [6, 6.07) is 5.85. The smallest absolute Gasteiger partial charge is 0.238 e. The number of hydrogen-bond donors (Lipinski definition) is 2. The van der Waals surface area contributed by atoms with E-state index in [1.165, 1.54) is 0 Å². The van der Waals surface area contributed by atoms with Crippen molar-refractivity contribution in [1.29, 1.82) is 0 Å². The Morgan fingerprint density at radius 3 is 3.11 bits per heavy atom. The molecule has 0 radical (unpaired) electrons. The summed E-state index contributed by atoms with van der Waals surface area (Å²) < 4.78 is 0.895. The fourth-order valence-corrected chi connectivity index (χ4v) is 2.86. The molecule has 0 unspecified atom stereocenters. The molecule has 6 heteroatoms. The topological polar surface area (TPSA) is 44.4 Å². The van der Waals surface area contributed by atoms with Gasteiger partial charge in [-0.3, -0.25) is 9.69 Å². The lowest BCUT2D eigenvalue weighted by molar-refractivity contribution is -0.117. The van der Waals surface area contributed by atoms with Gasteiger partial charge in [-0.1, -0.05) is 27.5 Å². The molecule has 0 spiro atoms. The van der Waals surface area contributed by atoms with Crippen molar-refractivity contribution >= 4 is 39.1 Å². The molecular formula is C13H17BrClN3O. The zero-order chi connectivity index (χ0) is 13.8. The molecule has 2 rings (SSSR count). The first-order valence-corrected chi connectivity index (χ1v) is 7.42. The van der Waals surface area contributed by atoms with E-state index in [4.69, 9.17) is 11.6 Å². The van der Waals surface area contributed by atoms with Gasteiger partial charge in [-0.05, 0) is 25.1 Å². The van der Waals surface area contributed by atoms with Crippen LogP contribution in [0.2, 0.25) is 5.02 Å². The van der Waals surface area contributed by atoms with E-state index < -0.39 is 0 Å². The second-order valence-electron chi connectivity index (χ2n) is 4.76. The lowest BCUT2D eigenvalue weighted by Gasteiger charge is -2.31. The number of amides is 1. The molecule has 0 bridgehead atoms. The number of carbonyl (C=O) groups excluding carboxylic acids is 1. The monoisotopic (exact) mass is 345 g/mol. The Bertz CT molecular complexity index is 469. The molecule has 1 aromatic carbocycles. The predicted octanol–water partition coefficient (Wildman–Crippen LogP) is 2.33. The van der Waals surface area contributed by atoms with Crippen molar-refractivity contribution in [2.45, 2.75) is 13.0 Å². The minimum absolute atomic E-state index is 0.0293. The third-order valence-electron chi connectivity index (χ3n) is 3.03. The van der Waals surface area contributed by atoms with Gasteiger partial charge in [0.2, 0.25) is 5.91 Å². The fraction of sp³-hybridized carbons (Fsp3) is 0.462. The molecule has 1 amide bonds. The Hall–Kier alpha value is -0.620. The molecule has 0 saturated carbocycles. The summed E-state index contributed by atoms with van der Waals surface area (Å²) >= 11 is 9.41. The summed E-state index contributed by atoms with van der Waals surface area (Å²) in [5.41, 5.74) is 0.651. The van der Waals surface area contributed by atoms with E-state index in [1.54, 1.807) is 12.1 Å². The first-order chi connectivity index (χ1) is 9.04. The van der Waals surface area contributed by atoms with Crippen molar-refractivity contribution in [2.24, 2.45) is 0 Å². The number of rotatable bonds is 3. The highest BCUT2D eigenvalue weighted by atomic mass is 79.9. The quantitative estimate of drug-likeness (QED) is 0.883. The molecule has 1 saturated heterocycles. The number of hydrogen-bond acceptors (Lipinski definition) is 3. The SMILES string of the molecule is C[C@@H]1CN(CC(=O)Nc2ccc(Br)cc2Cl)CCN1. The predicted molar refractivity (Wildman–Crippen MR) is 81.7 cm³/mol. The van der Waals surface area contributed by atoms with E-state index in [0.29, 0.717) is 23.3 Å². The number of benzene rings is 1. The number of halogens is 2. The van der Waals surface area contributed by atoms with Crippen LogP contribution in [0.4, 0.5) is 5.69 Å². The van der Waals surface area contributed by atoms with Crippen LogP contribution in [0.3, 0.4) is 0 Å². The Morgan fingerprint density at radius 2 is 2.42 bits per heavy atom. The maximum atomic E-state index is 12.0. The van der Waals surface area contributed by atoms with Crippen molar-refractivity contribution in [3.63, 3.8) is 0 Å². The van der Waals surface area contributed by atoms with E-state index in [1.807, 2.05) is 6.07 Å². The Labute approximate surface area is 126 Å². The molecule has 1 heterocycles. The van der Waals surface area contributed by atoms with Crippen molar-refractivity contribution in [2.75, 3.05) is 31.5 Å². The summed E-state index contributed by atoms with van der Waals surface area (Å²) in [7, 11) is 0. The maximum absolute atomic E-state index is 12.0. The van der Waals surface area contributed by atoms with Gasteiger partial charge in [0.05, 0.1) is 17.3 Å². The number of anilines is 1. The second kappa shape index (κ2) is 6.70. The van der Waals surface area contributed by atoms with Crippen LogP contribution >= 0.6 is 27.5 Å². The highest BCUT2D eigenvalue weighted by Crippen LogP contribution is 2.25. The van der Waals surface area contributed by atoms with Gasteiger partial charge in [0.1, 0.15) is 0 Å². The molecular weight excluding hydrogens is 330 g/mol. The van der Waals surface area contributed by atoms with Crippen LogP contribution in [0.5, 0.6) is 0 Å². The first-order valence-electron chi connectivity index (χ1n) is 6.25. The molecule has 104 valence electrons. The molecule has 1 aliphatic rings. The van der Waals surface area contributed by atoms with E-state index in [9.17, 15) is 4.79 Å². The van der Waals surface area contributed by atoms with Crippen LogP contribution in [0.15, 0.2) is 22.7 Å². The van der Waals surface area contributed by atoms with Crippen molar-refractivity contribution in [3.05, 3.63) is 27.7 Å². The van der Waals surface area contributed by atoms with Crippen LogP contribution in [-0.2, 0) is 4.79 Å². The highest BCUT2D eigenvalue weighted by molar-refractivity contribution is 9.10. The first kappa shape index (κ1) is 14.8. The molecule has 1 aromatic rings. The van der Waals surface area contributed by atoms with Gasteiger partial charge < -0.3 is 10.6 Å². The van der Waals surface area contributed by atoms with Crippen LogP contribution in [0.25, 0.3) is 0 Å². The van der Waals surface area contributed by atoms with Gasteiger partial charge in [0.25, 0.3) is 0 Å². The standard InChI is InChI=1S/C13H17BrClN3O/c1-9-7-18(5-4-16-9)8-13(19)17-12-3-2-10(14)6-11(12)15/h2-3,6,9,16H,4-5,7-8H2,1H3,(H,17,19)/t9-/m1/s1. The minimum Gasteiger partial charge on any atom is -0.324 e. The van der Waals surface area contributed by atoms with Crippen LogP contribution in [0.1, 0.15) is 6.92 Å². The molecule has 1 aliphatic heterocycles. The Balaban J connectivity index is 1.90. The van der Waals surface area contributed by atoms with E-state index in [0.717, 1.165) is 24.1 Å². The summed E-state index contributed by atoms with van der Waals surface area (Å²) in [6.45, 7) is 5.23. The number of carbonyl (C=O) groups is 1. The molecule has 4 nitrogen and oxygen atoms in total. The Kier molecular flexibility index (Phi) is 5.21. The van der Waals surface area contributed by atoms with Crippen LogP contribution in [-0.4, -0.2) is 43.0 Å². The molecule has 1 fully saturated rings. The van der Waals surface area contributed by atoms with Crippen molar-refractivity contribution < 1.29 is 4.79 Å². The summed E-state index contributed by atoms with van der Waals surface area (Å²) in [4.78, 5) is 14.1. The fourth-order valence-electron chi connectivity index (χ4n) is 2.14. The third kappa shape index (κ3) is 4.45. The van der Waals surface area contributed by atoms with Crippen LogP contribution in [0, 0.1) is 0 Å². The lowest BCUT2D eigenvalue weighted by atomic mass is 10.2. The Morgan fingerprint density at radius 1 is 1.63 bits per heavy atom. The number of piperazine rings is 1. The van der Waals surface area contributed by atoms with Gasteiger partial charge in [0.15, 0.2) is 0 Å². The summed E-state index contributed by atoms with van der Waals surface area (Å²) in [5, 5.41) is 6.73. The number of nitrogens with one attached hydrogen (secondary N) is 2. The highest BCUT2D eigenvalue weighted by Gasteiger charge is 2.18. The average Bonchev–Trinajstić information content (AvgIpc) is 2.33. The lowest BCUT2D eigenvalue weighted by Crippen LogP contribution is -2.51. The van der Waals surface area contributed by atoms with Gasteiger partial charge in [-0.2, -0.15) is 0 Å². The zero-order valence-electron chi connectivity index (χ0n) is 10.7.